The first-order chi connectivity index (χ1) is 14.0. The Bertz CT molecular complexity index is 1090. The van der Waals surface area contributed by atoms with Crippen molar-refractivity contribution >= 4 is 17.7 Å². The van der Waals surface area contributed by atoms with Gasteiger partial charge in [-0.25, -0.2) is 4.68 Å². The summed E-state index contributed by atoms with van der Waals surface area (Å²) in [7, 11) is 0. The van der Waals surface area contributed by atoms with Crippen LogP contribution in [0.1, 0.15) is 5.56 Å². The van der Waals surface area contributed by atoms with E-state index in [4.69, 9.17) is 0 Å². The number of amides is 1. The van der Waals surface area contributed by atoms with Crippen LogP contribution in [0.3, 0.4) is 0 Å². The quantitative estimate of drug-likeness (QED) is 0.379. The minimum absolute atomic E-state index is 0.0118. The van der Waals surface area contributed by atoms with E-state index in [0.717, 1.165) is 5.56 Å². The number of nitrogens with one attached hydrogen (secondary N) is 1. The Morgan fingerprint density at radius 2 is 1.79 bits per heavy atom. The van der Waals surface area contributed by atoms with Crippen LogP contribution in [0.4, 0.5) is 5.69 Å². The van der Waals surface area contributed by atoms with E-state index in [1.807, 2.05) is 30.3 Å². The van der Waals surface area contributed by atoms with Crippen LogP contribution in [-0.4, -0.2) is 27.2 Å². The summed E-state index contributed by atoms with van der Waals surface area (Å²) in [5.74, 6) is -0.337. The molecule has 3 aromatic rings. The summed E-state index contributed by atoms with van der Waals surface area (Å²) in [6.07, 6.45) is 2.89. The number of nitro groups is 1. The average Bonchev–Trinajstić information content (AvgIpc) is 2.74. The third-order valence-electron chi connectivity index (χ3n) is 4.09. The normalized spacial score (nSPS) is 10.8. The molecule has 0 unspecified atom stereocenters. The molecular weight excluding hydrogens is 372 g/mol. The van der Waals surface area contributed by atoms with Gasteiger partial charge in [-0.05, 0) is 29.8 Å². The van der Waals surface area contributed by atoms with E-state index < -0.39 is 4.92 Å². The van der Waals surface area contributed by atoms with E-state index in [1.54, 1.807) is 24.3 Å². The van der Waals surface area contributed by atoms with E-state index in [-0.39, 0.29) is 30.2 Å². The van der Waals surface area contributed by atoms with Crippen LogP contribution < -0.4 is 10.9 Å². The Labute approximate surface area is 166 Å². The number of rotatable bonds is 7. The molecule has 0 fully saturated rings. The molecule has 29 heavy (non-hydrogen) atoms. The predicted octanol–water partition coefficient (Wildman–Crippen LogP) is 2.65. The van der Waals surface area contributed by atoms with Crippen molar-refractivity contribution < 1.29 is 9.72 Å². The fourth-order valence-electron chi connectivity index (χ4n) is 2.59. The maximum absolute atomic E-state index is 12.0. The Morgan fingerprint density at radius 3 is 2.48 bits per heavy atom. The molecule has 1 amide bonds. The number of nitrogens with zero attached hydrogens (tertiary/aromatic N) is 3. The van der Waals surface area contributed by atoms with Crippen LogP contribution in [-0.2, 0) is 11.3 Å². The lowest BCUT2D eigenvalue weighted by atomic mass is 10.1. The lowest BCUT2D eigenvalue weighted by molar-refractivity contribution is -0.384. The maximum Gasteiger partial charge on any atom is 0.269 e. The molecule has 0 saturated heterocycles. The summed E-state index contributed by atoms with van der Waals surface area (Å²) in [5, 5.41) is 17.7. The van der Waals surface area contributed by atoms with Gasteiger partial charge in [0.05, 0.1) is 17.2 Å². The highest BCUT2D eigenvalue weighted by atomic mass is 16.6. The fraction of sp³-hybridized carbons (Fsp3) is 0.0952. The average molecular weight is 390 g/mol. The Balaban J connectivity index is 1.56. The smallest absolute Gasteiger partial charge is 0.269 e. The number of hydrogen-bond donors (Lipinski definition) is 1. The number of carbonyl (C=O) groups is 1. The highest BCUT2D eigenvalue weighted by Crippen LogP contribution is 2.14. The lowest BCUT2D eigenvalue weighted by Crippen LogP contribution is -2.31. The second kappa shape index (κ2) is 9.23. The van der Waals surface area contributed by atoms with Gasteiger partial charge >= 0.3 is 0 Å². The molecule has 146 valence electrons. The van der Waals surface area contributed by atoms with Gasteiger partial charge in [-0.15, -0.1) is 0 Å². The number of hydrogen-bond acceptors (Lipinski definition) is 5. The predicted molar refractivity (Wildman–Crippen MR) is 109 cm³/mol. The topological polar surface area (TPSA) is 107 Å². The molecule has 0 radical (unpaired) electrons. The molecule has 1 aromatic heterocycles. The maximum atomic E-state index is 12.0. The summed E-state index contributed by atoms with van der Waals surface area (Å²) in [4.78, 5) is 34.1. The van der Waals surface area contributed by atoms with Crippen molar-refractivity contribution in [2.75, 3.05) is 6.54 Å². The van der Waals surface area contributed by atoms with E-state index in [9.17, 15) is 19.7 Å². The van der Waals surface area contributed by atoms with Crippen LogP contribution in [0, 0.1) is 10.1 Å². The van der Waals surface area contributed by atoms with E-state index in [0.29, 0.717) is 11.3 Å². The summed E-state index contributed by atoms with van der Waals surface area (Å²) >= 11 is 0. The van der Waals surface area contributed by atoms with Crippen LogP contribution in [0.5, 0.6) is 0 Å². The highest BCUT2D eigenvalue weighted by molar-refractivity contribution is 5.91. The fourth-order valence-corrected chi connectivity index (χ4v) is 2.59. The van der Waals surface area contributed by atoms with Gasteiger partial charge < -0.3 is 5.32 Å². The second-order valence-electron chi connectivity index (χ2n) is 6.12. The van der Waals surface area contributed by atoms with Crippen molar-refractivity contribution in [2.24, 2.45) is 0 Å². The van der Waals surface area contributed by atoms with Crippen LogP contribution in [0.15, 0.2) is 77.6 Å². The molecule has 0 aliphatic rings. The van der Waals surface area contributed by atoms with Crippen molar-refractivity contribution in [1.82, 2.24) is 15.1 Å². The van der Waals surface area contributed by atoms with Gasteiger partial charge in [0.15, 0.2) is 0 Å². The zero-order chi connectivity index (χ0) is 20.6. The molecule has 0 aliphatic carbocycles. The minimum Gasteiger partial charge on any atom is -0.351 e. The lowest BCUT2D eigenvalue weighted by Gasteiger charge is -2.07. The molecular formula is C21H18N4O4. The van der Waals surface area contributed by atoms with Gasteiger partial charge in [-0.1, -0.05) is 30.3 Å². The van der Waals surface area contributed by atoms with Gasteiger partial charge in [0.1, 0.15) is 0 Å². The van der Waals surface area contributed by atoms with E-state index >= 15 is 0 Å². The van der Waals surface area contributed by atoms with E-state index in [1.165, 1.54) is 29.0 Å². The first-order valence-corrected chi connectivity index (χ1v) is 8.87. The zero-order valence-corrected chi connectivity index (χ0v) is 15.4. The summed E-state index contributed by atoms with van der Waals surface area (Å²) in [5.41, 5.74) is 1.98. The Morgan fingerprint density at radius 1 is 1.07 bits per heavy atom. The van der Waals surface area contributed by atoms with Crippen LogP contribution in [0.2, 0.25) is 0 Å². The van der Waals surface area contributed by atoms with E-state index in [2.05, 4.69) is 10.4 Å². The first kappa shape index (κ1) is 19.7. The third kappa shape index (κ3) is 5.46. The van der Waals surface area contributed by atoms with Gasteiger partial charge in [0, 0.05) is 36.4 Å². The molecule has 0 aliphatic heterocycles. The van der Waals surface area contributed by atoms with Crippen molar-refractivity contribution in [1.29, 1.82) is 0 Å². The number of non-ortho nitro benzene ring substituents is 1. The summed E-state index contributed by atoms with van der Waals surface area (Å²) in [6, 6.07) is 18.5. The van der Waals surface area contributed by atoms with Gasteiger partial charge in [-0.2, -0.15) is 5.10 Å². The third-order valence-corrected chi connectivity index (χ3v) is 4.09. The molecule has 0 spiro atoms. The number of nitro benzene ring substituents is 1. The van der Waals surface area contributed by atoms with Crippen LogP contribution >= 0.6 is 0 Å². The molecule has 8 nitrogen and oxygen atoms in total. The molecule has 1 N–H and O–H groups in total. The second-order valence-corrected chi connectivity index (χ2v) is 6.12. The molecule has 0 bridgehead atoms. The van der Waals surface area contributed by atoms with Crippen molar-refractivity contribution in [3.63, 3.8) is 0 Å². The number of carbonyl (C=O) groups excluding carboxylic acids is 1. The molecule has 2 aromatic carbocycles. The van der Waals surface area contributed by atoms with Crippen molar-refractivity contribution in [2.45, 2.75) is 6.54 Å². The summed E-state index contributed by atoms with van der Waals surface area (Å²) < 4.78 is 1.31. The molecule has 1 heterocycles. The SMILES string of the molecule is O=C(/C=C/c1ccc([N+](=O)[O-])cc1)NCCn1nc(-c2ccccc2)ccc1=O. The van der Waals surface area contributed by atoms with Crippen LogP contribution in [0.25, 0.3) is 17.3 Å². The van der Waals surface area contributed by atoms with Gasteiger partial charge in [0.2, 0.25) is 5.91 Å². The standard InChI is InChI=1S/C21H18N4O4/c26-20(12-8-16-6-9-18(10-7-16)25(28)29)22-14-15-24-21(27)13-11-19(23-24)17-4-2-1-3-5-17/h1-13H,14-15H2,(H,22,26)/b12-8+. The van der Waals surface area contributed by atoms with Crippen molar-refractivity contribution in [3.05, 3.63) is 98.8 Å². The largest absolute Gasteiger partial charge is 0.351 e. The minimum atomic E-state index is -0.483. The Kier molecular flexibility index (Phi) is 6.26. The highest BCUT2D eigenvalue weighted by Gasteiger charge is 2.05. The molecule has 3 rings (SSSR count). The number of benzene rings is 2. The first-order valence-electron chi connectivity index (χ1n) is 8.87. The molecule has 8 heteroatoms. The number of aromatic nitrogens is 2. The van der Waals surface area contributed by atoms with Crippen molar-refractivity contribution in [3.8, 4) is 11.3 Å². The summed E-state index contributed by atoms with van der Waals surface area (Å²) in [6.45, 7) is 0.463. The monoisotopic (exact) mass is 390 g/mol. The molecule has 0 atom stereocenters. The Hall–Kier alpha value is -4.07. The molecule has 0 saturated carbocycles. The van der Waals surface area contributed by atoms with Gasteiger partial charge in [0.25, 0.3) is 11.2 Å². The van der Waals surface area contributed by atoms with Gasteiger partial charge in [-0.3, -0.25) is 19.7 Å². The zero-order valence-electron chi connectivity index (χ0n) is 15.4.